The normalized spacial score (nSPS) is 11.0. The molecule has 6 heteroatoms. The lowest BCUT2D eigenvalue weighted by atomic mass is 10.00. The lowest BCUT2D eigenvalue weighted by Gasteiger charge is -2.14. The number of aryl methyl sites for hydroxylation is 2. The maximum absolute atomic E-state index is 12.9. The molecule has 2 aromatic carbocycles. The minimum Gasteiger partial charge on any atom is -0.352 e. The largest absolute Gasteiger partial charge is 0.352 e. The summed E-state index contributed by atoms with van der Waals surface area (Å²) in [6, 6.07) is 19.9. The van der Waals surface area contributed by atoms with Crippen molar-refractivity contribution in [2.75, 3.05) is 5.32 Å². The van der Waals surface area contributed by atoms with Crippen LogP contribution in [-0.2, 0) is 6.42 Å². The molecule has 0 unspecified atom stereocenters. The van der Waals surface area contributed by atoms with Gasteiger partial charge < -0.3 is 5.32 Å². The summed E-state index contributed by atoms with van der Waals surface area (Å²) in [5, 5.41) is 3.57. The van der Waals surface area contributed by atoms with Gasteiger partial charge in [0, 0.05) is 47.4 Å². The summed E-state index contributed by atoms with van der Waals surface area (Å²) in [7, 11) is 0. The number of anilines is 2. The van der Waals surface area contributed by atoms with E-state index in [1.165, 1.54) is 0 Å². The van der Waals surface area contributed by atoms with E-state index in [0.29, 0.717) is 6.42 Å². The molecule has 1 N–H and O–H groups in total. The Morgan fingerprint density at radius 1 is 0.971 bits per heavy atom. The molecule has 0 amide bonds. The van der Waals surface area contributed by atoms with E-state index in [-0.39, 0.29) is 5.78 Å². The minimum atomic E-state index is 0.108. The van der Waals surface area contributed by atoms with Crippen molar-refractivity contribution < 1.29 is 4.79 Å². The molecule has 0 aliphatic heterocycles. The predicted octanol–water partition coefficient (Wildman–Crippen LogP) is 6.94. The van der Waals surface area contributed by atoms with Crippen molar-refractivity contribution in [3.63, 3.8) is 0 Å². The number of Topliss-reactive ketones (excluding diaryl/α,β-unsaturated/α-hetero) is 1. The highest BCUT2D eigenvalue weighted by molar-refractivity contribution is 9.10. The molecular weight excluding hydrogens is 488 g/mol. The number of fused-ring (bicyclic) bond motifs is 1. The van der Waals surface area contributed by atoms with Gasteiger partial charge in [0.25, 0.3) is 0 Å². The van der Waals surface area contributed by atoms with Crippen LogP contribution in [0, 0.1) is 13.8 Å². The van der Waals surface area contributed by atoms with Gasteiger partial charge in [0.2, 0.25) is 0 Å². The van der Waals surface area contributed by atoms with Crippen LogP contribution in [0.5, 0.6) is 0 Å². The van der Waals surface area contributed by atoms with E-state index in [9.17, 15) is 4.79 Å². The Hall–Kier alpha value is -3.77. The smallest absolute Gasteiger partial charge is 0.167 e. The predicted molar refractivity (Wildman–Crippen MR) is 140 cm³/mol. The van der Waals surface area contributed by atoms with Gasteiger partial charge in [0.15, 0.2) is 11.4 Å². The van der Waals surface area contributed by atoms with Crippen molar-refractivity contribution in [1.29, 1.82) is 0 Å². The standard InChI is InChI=1S/C28H23BrN4O/c1-18-5-3-6-21(11-18)26(34)13-20-9-8-19(2)24(12-20)32-25-14-23(22-7-4-10-30-15-22)17-33-27(29)16-31-28(25)33/h3-12,14-17,32H,13H2,1-2H3. The van der Waals surface area contributed by atoms with Crippen molar-refractivity contribution in [3.8, 4) is 11.1 Å². The first kappa shape index (κ1) is 22.0. The number of aromatic nitrogens is 3. The molecule has 3 aromatic heterocycles. The molecule has 34 heavy (non-hydrogen) atoms. The second-order valence-electron chi connectivity index (χ2n) is 8.40. The summed E-state index contributed by atoms with van der Waals surface area (Å²) in [6.07, 6.45) is 7.79. The Kier molecular flexibility index (Phi) is 5.99. The van der Waals surface area contributed by atoms with E-state index in [1.54, 1.807) is 12.4 Å². The van der Waals surface area contributed by atoms with Crippen molar-refractivity contribution in [2.45, 2.75) is 20.3 Å². The van der Waals surface area contributed by atoms with Crippen molar-refractivity contribution >= 4 is 38.7 Å². The van der Waals surface area contributed by atoms with E-state index < -0.39 is 0 Å². The molecule has 0 aliphatic rings. The first-order chi connectivity index (χ1) is 16.5. The fourth-order valence-corrected chi connectivity index (χ4v) is 4.38. The molecule has 5 aromatic rings. The third kappa shape index (κ3) is 4.50. The summed E-state index contributed by atoms with van der Waals surface area (Å²) in [5.41, 5.74) is 8.53. The number of carbonyl (C=O) groups is 1. The summed E-state index contributed by atoms with van der Waals surface area (Å²) in [6.45, 7) is 4.05. The molecule has 5 rings (SSSR count). The number of hydrogen-bond donors (Lipinski definition) is 1. The zero-order valence-electron chi connectivity index (χ0n) is 18.9. The Morgan fingerprint density at radius 3 is 2.65 bits per heavy atom. The van der Waals surface area contributed by atoms with Gasteiger partial charge in [-0.3, -0.25) is 14.2 Å². The Morgan fingerprint density at radius 2 is 1.85 bits per heavy atom. The van der Waals surface area contributed by atoms with Crippen LogP contribution < -0.4 is 5.32 Å². The Bertz CT molecular complexity index is 1510. The minimum absolute atomic E-state index is 0.108. The van der Waals surface area contributed by atoms with Crippen LogP contribution in [0.25, 0.3) is 16.8 Å². The highest BCUT2D eigenvalue weighted by Crippen LogP contribution is 2.31. The number of rotatable bonds is 6. The first-order valence-corrected chi connectivity index (χ1v) is 11.8. The van der Waals surface area contributed by atoms with Gasteiger partial charge in [-0.05, 0) is 65.2 Å². The maximum Gasteiger partial charge on any atom is 0.167 e. The van der Waals surface area contributed by atoms with Crippen LogP contribution in [0.15, 0.2) is 90.1 Å². The van der Waals surface area contributed by atoms with Crippen LogP contribution in [0.2, 0.25) is 0 Å². The molecule has 0 saturated carbocycles. The SMILES string of the molecule is Cc1cccc(C(=O)Cc2ccc(C)c(Nc3cc(-c4cccnc4)cn4c(Br)cnc34)c2)c1. The van der Waals surface area contributed by atoms with E-state index in [1.807, 2.05) is 78.3 Å². The number of halogens is 1. The lowest BCUT2D eigenvalue weighted by molar-refractivity contribution is 0.0993. The summed E-state index contributed by atoms with van der Waals surface area (Å²) in [4.78, 5) is 21.7. The monoisotopic (exact) mass is 510 g/mol. The molecule has 0 fully saturated rings. The molecule has 3 heterocycles. The fraction of sp³-hybridized carbons (Fsp3) is 0.107. The lowest BCUT2D eigenvalue weighted by Crippen LogP contribution is -2.05. The van der Waals surface area contributed by atoms with Crippen LogP contribution in [0.4, 0.5) is 11.4 Å². The summed E-state index contributed by atoms with van der Waals surface area (Å²) >= 11 is 3.59. The number of ketones is 1. The summed E-state index contributed by atoms with van der Waals surface area (Å²) in [5.74, 6) is 0.108. The number of hydrogen-bond acceptors (Lipinski definition) is 4. The van der Waals surface area contributed by atoms with Gasteiger partial charge in [-0.15, -0.1) is 0 Å². The van der Waals surface area contributed by atoms with Crippen LogP contribution >= 0.6 is 15.9 Å². The zero-order chi connectivity index (χ0) is 23.7. The number of nitrogens with zero attached hydrogens (tertiary/aromatic N) is 3. The molecule has 0 aliphatic carbocycles. The van der Waals surface area contributed by atoms with Crippen molar-refractivity contribution in [3.05, 3.63) is 112 Å². The Balaban J connectivity index is 1.50. The third-order valence-corrected chi connectivity index (χ3v) is 6.42. The second kappa shape index (κ2) is 9.23. The highest BCUT2D eigenvalue weighted by Gasteiger charge is 2.13. The quantitative estimate of drug-likeness (QED) is 0.251. The molecule has 0 saturated heterocycles. The zero-order valence-corrected chi connectivity index (χ0v) is 20.5. The average molecular weight is 511 g/mol. The van der Waals surface area contributed by atoms with Crippen LogP contribution in [-0.4, -0.2) is 20.2 Å². The van der Waals surface area contributed by atoms with Gasteiger partial charge in [-0.2, -0.15) is 0 Å². The van der Waals surface area contributed by atoms with E-state index in [4.69, 9.17) is 0 Å². The number of nitrogens with one attached hydrogen (secondary N) is 1. The first-order valence-electron chi connectivity index (χ1n) is 11.0. The Labute approximate surface area is 206 Å². The highest BCUT2D eigenvalue weighted by atomic mass is 79.9. The van der Waals surface area contributed by atoms with E-state index >= 15 is 0 Å². The van der Waals surface area contributed by atoms with Gasteiger partial charge in [-0.25, -0.2) is 4.98 Å². The van der Waals surface area contributed by atoms with Crippen LogP contribution in [0.3, 0.4) is 0 Å². The third-order valence-electron chi connectivity index (χ3n) is 5.83. The fourth-order valence-electron chi connectivity index (χ4n) is 4.01. The topological polar surface area (TPSA) is 59.3 Å². The van der Waals surface area contributed by atoms with Gasteiger partial charge in [-0.1, -0.05) is 42.0 Å². The van der Waals surface area contributed by atoms with E-state index in [2.05, 4.69) is 44.2 Å². The molecule has 5 nitrogen and oxygen atoms in total. The molecule has 0 radical (unpaired) electrons. The second-order valence-corrected chi connectivity index (χ2v) is 9.21. The van der Waals surface area contributed by atoms with Gasteiger partial charge in [0.1, 0.15) is 4.60 Å². The average Bonchev–Trinajstić information content (AvgIpc) is 3.22. The van der Waals surface area contributed by atoms with Crippen molar-refractivity contribution in [2.24, 2.45) is 0 Å². The van der Waals surface area contributed by atoms with Gasteiger partial charge in [0.05, 0.1) is 11.9 Å². The van der Waals surface area contributed by atoms with Gasteiger partial charge >= 0.3 is 0 Å². The molecule has 0 bridgehead atoms. The molecular formula is C28H23BrN4O. The molecule has 0 spiro atoms. The number of benzene rings is 2. The van der Waals surface area contributed by atoms with Crippen molar-refractivity contribution in [1.82, 2.24) is 14.4 Å². The maximum atomic E-state index is 12.9. The van der Waals surface area contributed by atoms with E-state index in [0.717, 1.165) is 55.0 Å². The number of pyridine rings is 2. The molecule has 168 valence electrons. The summed E-state index contributed by atoms with van der Waals surface area (Å²) < 4.78 is 2.87. The molecule has 0 atom stereocenters. The van der Waals surface area contributed by atoms with Crippen LogP contribution in [0.1, 0.15) is 27.0 Å². The number of imidazole rings is 1. The number of carbonyl (C=O) groups excluding carboxylic acids is 1.